The molecule has 0 N–H and O–H groups in total. The first kappa shape index (κ1) is 23.2. The van der Waals surface area contributed by atoms with Crippen LogP contribution in [0.25, 0.3) is 0 Å². The van der Waals surface area contributed by atoms with Crippen molar-refractivity contribution >= 4 is 0 Å². The van der Waals surface area contributed by atoms with Crippen LogP contribution >= 0.6 is 0 Å². The van der Waals surface area contributed by atoms with Crippen molar-refractivity contribution in [3.05, 3.63) is 119 Å². The van der Waals surface area contributed by atoms with E-state index < -0.39 is 0 Å². The molecular weight excluding hydrogens is 408 g/mol. The van der Waals surface area contributed by atoms with Gasteiger partial charge in [-0.2, -0.15) is 0 Å². The Balaban J connectivity index is 1.12. The molecule has 0 aromatic rings. The van der Waals surface area contributed by atoms with E-state index in [1.807, 2.05) is 0 Å². The second kappa shape index (κ2) is 9.57. The van der Waals surface area contributed by atoms with Gasteiger partial charge < -0.3 is 0 Å². The van der Waals surface area contributed by atoms with Gasteiger partial charge >= 0.3 is 0 Å². The molecule has 5 aliphatic rings. The second-order valence-corrected chi connectivity index (χ2v) is 11.8. The zero-order chi connectivity index (χ0) is 23.7. The first-order valence-electron chi connectivity index (χ1n) is 13.3. The first-order valence-corrected chi connectivity index (χ1v) is 13.3. The van der Waals surface area contributed by atoms with E-state index in [2.05, 4.69) is 93.8 Å². The Morgan fingerprint density at radius 1 is 0.971 bits per heavy atom. The van der Waals surface area contributed by atoms with Crippen molar-refractivity contribution in [2.24, 2.45) is 23.2 Å². The fourth-order valence-corrected chi connectivity index (χ4v) is 6.41. The lowest BCUT2D eigenvalue weighted by molar-refractivity contribution is 0.352. The van der Waals surface area contributed by atoms with Crippen LogP contribution in [0.3, 0.4) is 0 Å². The Kier molecular flexibility index (Phi) is 6.52. The molecule has 5 rings (SSSR count). The maximum absolute atomic E-state index is 4.42. The quantitative estimate of drug-likeness (QED) is 0.347. The van der Waals surface area contributed by atoms with E-state index in [4.69, 9.17) is 0 Å². The number of hydrogen-bond donors (Lipinski definition) is 0. The normalized spacial score (nSPS) is 28.6. The lowest BCUT2D eigenvalue weighted by atomic mass is 9.80. The predicted molar refractivity (Wildman–Crippen MR) is 147 cm³/mol. The van der Waals surface area contributed by atoms with E-state index in [0.29, 0.717) is 17.3 Å². The number of rotatable bonds is 8. The molecule has 0 heterocycles. The number of allylic oxidation sites excluding steroid dienone is 18. The SMILES string of the molecule is C=C(CCC1=CC2C=C(CCCC3CCC(C)(C)C3)C=CC2=C1)C1=CC(=C)C2C=CC=CC2=C1. The van der Waals surface area contributed by atoms with Crippen molar-refractivity contribution in [1.82, 2.24) is 0 Å². The van der Waals surface area contributed by atoms with E-state index in [-0.39, 0.29) is 0 Å². The summed E-state index contributed by atoms with van der Waals surface area (Å²) in [5.41, 5.74) is 9.98. The molecule has 0 aromatic carbocycles. The molecule has 1 fully saturated rings. The highest BCUT2D eigenvalue weighted by molar-refractivity contribution is 5.56. The van der Waals surface area contributed by atoms with Gasteiger partial charge in [0.15, 0.2) is 0 Å². The van der Waals surface area contributed by atoms with E-state index >= 15 is 0 Å². The summed E-state index contributed by atoms with van der Waals surface area (Å²) in [5.74, 6) is 1.77. The molecule has 0 aliphatic heterocycles. The third-order valence-corrected chi connectivity index (χ3v) is 8.41. The van der Waals surface area contributed by atoms with Crippen molar-refractivity contribution in [3.8, 4) is 0 Å². The molecule has 0 nitrogen and oxygen atoms in total. The van der Waals surface area contributed by atoms with E-state index in [0.717, 1.165) is 18.8 Å². The average Bonchev–Trinajstić information content (AvgIpc) is 3.39. The van der Waals surface area contributed by atoms with Crippen LogP contribution in [0.15, 0.2) is 119 Å². The average molecular weight is 449 g/mol. The summed E-state index contributed by atoms with van der Waals surface area (Å²) in [6.45, 7) is 13.6. The molecule has 176 valence electrons. The van der Waals surface area contributed by atoms with Gasteiger partial charge in [0.1, 0.15) is 0 Å². The van der Waals surface area contributed by atoms with Crippen LogP contribution in [0.4, 0.5) is 0 Å². The molecular formula is C34H40. The summed E-state index contributed by atoms with van der Waals surface area (Å²) >= 11 is 0. The molecule has 3 unspecified atom stereocenters. The fraction of sp³-hybridized carbons (Fsp3) is 0.412. The molecule has 0 saturated heterocycles. The van der Waals surface area contributed by atoms with Crippen molar-refractivity contribution < 1.29 is 0 Å². The van der Waals surface area contributed by atoms with Crippen LogP contribution in [-0.4, -0.2) is 0 Å². The fourth-order valence-electron chi connectivity index (χ4n) is 6.41. The monoisotopic (exact) mass is 448 g/mol. The minimum absolute atomic E-state index is 0.338. The maximum atomic E-state index is 4.42. The zero-order valence-corrected chi connectivity index (χ0v) is 21.2. The minimum atomic E-state index is 0.338. The molecule has 0 bridgehead atoms. The van der Waals surface area contributed by atoms with E-state index in [9.17, 15) is 0 Å². The van der Waals surface area contributed by atoms with Gasteiger partial charge in [-0.25, -0.2) is 0 Å². The summed E-state index contributed by atoms with van der Waals surface area (Å²) in [6.07, 6.45) is 35.6. The van der Waals surface area contributed by atoms with Crippen molar-refractivity contribution in [2.75, 3.05) is 0 Å². The van der Waals surface area contributed by atoms with Crippen LogP contribution in [0.5, 0.6) is 0 Å². The maximum Gasteiger partial charge on any atom is 0.0267 e. The highest BCUT2D eigenvalue weighted by Gasteiger charge is 2.30. The molecule has 0 radical (unpaired) electrons. The summed E-state index contributed by atoms with van der Waals surface area (Å²) < 4.78 is 0. The largest absolute Gasteiger partial charge is 0.0952 e. The smallest absolute Gasteiger partial charge is 0.0267 e. The molecule has 1 saturated carbocycles. The number of hydrogen-bond acceptors (Lipinski definition) is 0. The Hall–Kier alpha value is -2.60. The summed E-state index contributed by atoms with van der Waals surface area (Å²) in [4.78, 5) is 0. The van der Waals surface area contributed by atoms with Gasteiger partial charge in [-0.05, 0) is 84.1 Å². The Bertz CT molecular complexity index is 1110. The number of fused-ring (bicyclic) bond motifs is 2. The van der Waals surface area contributed by atoms with Gasteiger partial charge in [0, 0.05) is 11.8 Å². The highest BCUT2D eigenvalue weighted by atomic mass is 14.4. The zero-order valence-electron chi connectivity index (χ0n) is 21.2. The van der Waals surface area contributed by atoms with Gasteiger partial charge in [-0.15, -0.1) is 0 Å². The van der Waals surface area contributed by atoms with Crippen LogP contribution in [0.2, 0.25) is 0 Å². The van der Waals surface area contributed by atoms with Gasteiger partial charge in [-0.3, -0.25) is 0 Å². The Morgan fingerprint density at radius 3 is 2.65 bits per heavy atom. The summed E-state index contributed by atoms with van der Waals surface area (Å²) in [7, 11) is 0. The van der Waals surface area contributed by atoms with Crippen LogP contribution < -0.4 is 0 Å². The third kappa shape index (κ3) is 5.22. The topological polar surface area (TPSA) is 0 Å². The molecule has 34 heavy (non-hydrogen) atoms. The van der Waals surface area contributed by atoms with Gasteiger partial charge in [0.2, 0.25) is 0 Å². The van der Waals surface area contributed by atoms with Crippen molar-refractivity contribution in [3.63, 3.8) is 0 Å². The minimum Gasteiger partial charge on any atom is -0.0952 e. The second-order valence-electron chi connectivity index (χ2n) is 11.8. The molecule has 0 spiro atoms. The molecule has 0 aromatic heterocycles. The van der Waals surface area contributed by atoms with E-state index in [1.54, 1.807) is 0 Å². The van der Waals surface area contributed by atoms with Crippen LogP contribution in [0, 0.1) is 23.2 Å². The molecule has 0 heteroatoms. The summed E-state index contributed by atoms with van der Waals surface area (Å²) in [6, 6.07) is 0. The van der Waals surface area contributed by atoms with Gasteiger partial charge in [0.05, 0.1) is 0 Å². The lowest BCUT2D eigenvalue weighted by Gasteiger charge is -2.24. The Labute approximate surface area is 207 Å². The first-order chi connectivity index (χ1) is 16.4. The standard InChI is InChI=1S/C34H40/c1-24(31-18-25(2)33-11-6-5-10-30(33)22-31)12-13-28-20-29-15-14-26(19-32(29)21-28)8-7-9-27-16-17-34(3,4)23-27/h5-6,10-11,14-15,18-22,27,32-33H,1-2,7-9,12-13,16-17,23H2,3-4H3. The van der Waals surface area contributed by atoms with Crippen LogP contribution in [-0.2, 0) is 0 Å². The van der Waals surface area contributed by atoms with Crippen molar-refractivity contribution in [2.45, 2.75) is 65.2 Å². The molecule has 0 amide bonds. The predicted octanol–water partition coefficient (Wildman–Crippen LogP) is 9.46. The Morgan fingerprint density at radius 2 is 1.82 bits per heavy atom. The highest BCUT2D eigenvalue weighted by Crippen LogP contribution is 2.43. The van der Waals surface area contributed by atoms with E-state index in [1.165, 1.54) is 77.5 Å². The van der Waals surface area contributed by atoms with Gasteiger partial charge in [-0.1, -0.05) is 111 Å². The lowest BCUT2D eigenvalue weighted by Crippen LogP contribution is -2.09. The third-order valence-electron chi connectivity index (χ3n) is 8.41. The molecule has 5 aliphatic carbocycles. The van der Waals surface area contributed by atoms with Gasteiger partial charge in [0.25, 0.3) is 0 Å². The van der Waals surface area contributed by atoms with Crippen molar-refractivity contribution in [1.29, 1.82) is 0 Å². The summed E-state index contributed by atoms with van der Waals surface area (Å²) in [5, 5.41) is 0. The van der Waals surface area contributed by atoms with Crippen LogP contribution in [0.1, 0.15) is 65.2 Å². The molecule has 3 atom stereocenters.